The number of epoxide rings is 1. The summed E-state index contributed by atoms with van der Waals surface area (Å²) in [5.41, 5.74) is 0. The Morgan fingerprint density at radius 3 is 2.29 bits per heavy atom. The minimum Gasteiger partial charge on any atom is -0.414 e. The molecule has 1 saturated heterocycles. The maximum atomic E-state index is 6.30. The summed E-state index contributed by atoms with van der Waals surface area (Å²) < 4.78 is 11.7. The van der Waals surface area contributed by atoms with E-state index in [2.05, 4.69) is 40.8 Å². The molecule has 1 aliphatic rings. The highest BCUT2D eigenvalue weighted by atomic mass is 35.5. The van der Waals surface area contributed by atoms with Crippen LogP contribution in [0.1, 0.15) is 40.5 Å². The van der Waals surface area contributed by atoms with Crippen LogP contribution in [0.2, 0.25) is 18.1 Å². The van der Waals surface area contributed by atoms with Crippen LogP contribution in [-0.2, 0) is 9.16 Å². The van der Waals surface area contributed by atoms with Gasteiger partial charge >= 0.3 is 0 Å². The average Bonchev–Trinajstić information content (AvgIpc) is 2.90. The molecule has 0 aliphatic carbocycles. The SMILES string of the molecule is C[C@H](CC[C@@H]1O[C@H]1CCl)O[Si](C)(C)C(C)(C)C. The van der Waals surface area contributed by atoms with Gasteiger partial charge in [-0.3, -0.25) is 0 Å². The molecule has 0 saturated carbocycles. The molecule has 0 aromatic heterocycles. The number of hydrogen-bond donors (Lipinski definition) is 0. The van der Waals surface area contributed by atoms with E-state index in [9.17, 15) is 0 Å². The monoisotopic (exact) mass is 278 g/mol. The van der Waals surface area contributed by atoms with Crippen molar-refractivity contribution < 1.29 is 9.16 Å². The van der Waals surface area contributed by atoms with Gasteiger partial charge in [0.05, 0.1) is 18.1 Å². The van der Waals surface area contributed by atoms with Gasteiger partial charge in [-0.25, -0.2) is 0 Å². The van der Waals surface area contributed by atoms with Crippen molar-refractivity contribution in [2.24, 2.45) is 0 Å². The Morgan fingerprint density at radius 2 is 1.88 bits per heavy atom. The standard InChI is InChI=1S/C13H27ClO2Si/c1-10(7-8-11-12(9-14)15-11)16-17(5,6)13(2,3)4/h10-12H,7-9H2,1-6H3/t10-,11+,12+/m1/s1. The summed E-state index contributed by atoms with van der Waals surface area (Å²) in [7, 11) is -1.61. The normalized spacial score (nSPS) is 27.0. The van der Waals surface area contributed by atoms with E-state index in [1.807, 2.05) is 0 Å². The minimum absolute atomic E-state index is 0.288. The van der Waals surface area contributed by atoms with Gasteiger partial charge in [-0.1, -0.05) is 20.8 Å². The molecular formula is C13H27ClO2Si. The van der Waals surface area contributed by atoms with E-state index in [4.69, 9.17) is 20.8 Å². The van der Waals surface area contributed by atoms with Crippen LogP contribution in [0, 0.1) is 0 Å². The third-order valence-electron chi connectivity index (χ3n) is 4.00. The molecule has 1 rings (SSSR count). The molecule has 1 fully saturated rings. The van der Waals surface area contributed by atoms with E-state index in [0.29, 0.717) is 24.2 Å². The van der Waals surface area contributed by atoms with Gasteiger partial charge < -0.3 is 9.16 Å². The van der Waals surface area contributed by atoms with Crippen molar-refractivity contribution in [1.82, 2.24) is 0 Å². The van der Waals surface area contributed by atoms with Crippen molar-refractivity contribution >= 4 is 19.9 Å². The number of alkyl halides is 1. The maximum absolute atomic E-state index is 6.30. The molecule has 0 spiro atoms. The van der Waals surface area contributed by atoms with Crippen LogP contribution in [0.15, 0.2) is 0 Å². The Hall–Kier alpha value is 0.427. The molecule has 17 heavy (non-hydrogen) atoms. The largest absolute Gasteiger partial charge is 0.414 e. The van der Waals surface area contributed by atoms with E-state index in [0.717, 1.165) is 12.8 Å². The predicted octanol–water partition coefficient (Wildman–Crippen LogP) is 4.18. The first-order valence-electron chi connectivity index (χ1n) is 6.56. The van der Waals surface area contributed by atoms with Gasteiger partial charge in [0, 0.05) is 6.10 Å². The van der Waals surface area contributed by atoms with Gasteiger partial charge in [-0.05, 0) is 37.9 Å². The lowest BCUT2D eigenvalue weighted by Crippen LogP contribution is -2.43. The molecule has 2 nitrogen and oxygen atoms in total. The van der Waals surface area contributed by atoms with Crippen molar-refractivity contribution in [2.75, 3.05) is 5.88 Å². The second kappa shape index (κ2) is 5.60. The zero-order valence-electron chi connectivity index (χ0n) is 12.0. The van der Waals surface area contributed by atoms with Gasteiger partial charge in [0.1, 0.15) is 0 Å². The molecule has 1 heterocycles. The highest BCUT2D eigenvalue weighted by molar-refractivity contribution is 6.74. The second-order valence-electron chi connectivity index (χ2n) is 6.63. The Morgan fingerprint density at radius 1 is 1.29 bits per heavy atom. The number of ether oxygens (including phenoxy) is 1. The number of rotatable bonds is 6. The number of halogens is 1. The molecule has 3 atom stereocenters. The second-order valence-corrected chi connectivity index (χ2v) is 11.7. The third kappa shape index (κ3) is 4.55. The summed E-state index contributed by atoms with van der Waals surface area (Å²) in [6.45, 7) is 13.6. The average molecular weight is 279 g/mol. The molecule has 0 aromatic rings. The smallest absolute Gasteiger partial charge is 0.192 e. The van der Waals surface area contributed by atoms with Crippen LogP contribution in [0.5, 0.6) is 0 Å². The molecule has 0 radical (unpaired) electrons. The molecule has 0 unspecified atom stereocenters. The van der Waals surface area contributed by atoms with E-state index >= 15 is 0 Å². The van der Waals surface area contributed by atoms with Crippen molar-refractivity contribution in [3.63, 3.8) is 0 Å². The summed E-state index contributed by atoms with van der Waals surface area (Å²) >= 11 is 5.73. The van der Waals surface area contributed by atoms with E-state index in [1.54, 1.807) is 0 Å². The van der Waals surface area contributed by atoms with E-state index in [1.165, 1.54) is 0 Å². The zero-order valence-corrected chi connectivity index (χ0v) is 13.8. The first kappa shape index (κ1) is 15.5. The number of hydrogen-bond acceptors (Lipinski definition) is 2. The van der Waals surface area contributed by atoms with E-state index < -0.39 is 8.32 Å². The fourth-order valence-corrected chi connectivity index (χ4v) is 3.46. The minimum atomic E-state index is -1.61. The van der Waals surface area contributed by atoms with Crippen LogP contribution in [0.25, 0.3) is 0 Å². The lowest BCUT2D eigenvalue weighted by molar-refractivity contribution is 0.181. The van der Waals surface area contributed by atoms with Crippen LogP contribution in [0.4, 0.5) is 0 Å². The summed E-state index contributed by atoms with van der Waals surface area (Å²) in [6.07, 6.45) is 3.17. The Balaban J connectivity index is 2.27. The predicted molar refractivity (Wildman–Crippen MR) is 76.4 cm³/mol. The van der Waals surface area contributed by atoms with Crippen molar-refractivity contribution in [1.29, 1.82) is 0 Å². The lowest BCUT2D eigenvalue weighted by atomic mass is 10.1. The van der Waals surface area contributed by atoms with Gasteiger partial charge in [0.25, 0.3) is 0 Å². The summed E-state index contributed by atoms with van der Waals surface area (Å²) in [6, 6.07) is 0. The van der Waals surface area contributed by atoms with Crippen molar-refractivity contribution in [3.8, 4) is 0 Å². The molecule has 1 aliphatic heterocycles. The van der Waals surface area contributed by atoms with Crippen LogP contribution in [-0.4, -0.2) is 32.5 Å². The molecule has 4 heteroatoms. The van der Waals surface area contributed by atoms with Gasteiger partial charge in [0.15, 0.2) is 8.32 Å². The summed E-state index contributed by atoms with van der Waals surface area (Å²) in [5.74, 6) is 0.627. The van der Waals surface area contributed by atoms with E-state index in [-0.39, 0.29) is 5.04 Å². The third-order valence-corrected chi connectivity index (χ3v) is 8.91. The van der Waals surface area contributed by atoms with Crippen molar-refractivity contribution in [3.05, 3.63) is 0 Å². The first-order chi connectivity index (χ1) is 7.67. The molecule has 0 aromatic carbocycles. The fraction of sp³-hybridized carbons (Fsp3) is 1.00. The lowest BCUT2D eigenvalue weighted by Gasteiger charge is -2.38. The first-order valence-corrected chi connectivity index (χ1v) is 10.0. The fourth-order valence-electron chi connectivity index (χ4n) is 1.71. The van der Waals surface area contributed by atoms with Crippen LogP contribution >= 0.6 is 11.6 Å². The Bertz CT molecular complexity index is 250. The molecule has 0 bridgehead atoms. The van der Waals surface area contributed by atoms with Crippen LogP contribution in [0.3, 0.4) is 0 Å². The van der Waals surface area contributed by atoms with Gasteiger partial charge in [-0.2, -0.15) is 0 Å². The molecule has 0 N–H and O–H groups in total. The maximum Gasteiger partial charge on any atom is 0.192 e. The highest BCUT2D eigenvalue weighted by Gasteiger charge is 2.40. The molecular weight excluding hydrogens is 252 g/mol. The quantitative estimate of drug-likeness (QED) is 0.413. The Kier molecular flexibility index (Phi) is 5.10. The highest BCUT2D eigenvalue weighted by Crippen LogP contribution is 2.38. The van der Waals surface area contributed by atoms with Crippen molar-refractivity contribution in [2.45, 2.75) is 77.0 Å². The van der Waals surface area contributed by atoms with Gasteiger partial charge in [0.2, 0.25) is 0 Å². The summed E-state index contributed by atoms with van der Waals surface area (Å²) in [5, 5.41) is 0.288. The van der Waals surface area contributed by atoms with Crippen LogP contribution < -0.4 is 0 Å². The molecule has 102 valence electrons. The topological polar surface area (TPSA) is 21.8 Å². The molecule has 0 amide bonds. The zero-order chi connectivity index (χ0) is 13.3. The Labute approximate surface area is 112 Å². The van der Waals surface area contributed by atoms with Gasteiger partial charge in [-0.15, -0.1) is 11.6 Å². The summed E-state index contributed by atoms with van der Waals surface area (Å²) in [4.78, 5) is 0.